The molecule has 0 atom stereocenters. The number of phenols is 1. The van der Waals surface area contributed by atoms with Crippen molar-refractivity contribution in [1.82, 2.24) is 0 Å². The first-order chi connectivity index (χ1) is 15.3. The van der Waals surface area contributed by atoms with E-state index in [2.05, 4.69) is 43.8 Å². The third-order valence-corrected chi connectivity index (χ3v) is 6.32. The Kier molecular flexibility index (Phi) is 8.43. The number of anilines is 1. The first kappa shape index (κ1) is 24.4. The van der Waals surface area contributed by atoms with E-state index in [1.54, 1.807) is 36.4 Å². The van der Waals surface area contributed by atoms with E-state index in [1.807, 2.05) is 12.1 Å². The molecule has 5 nitrogen and oxygen atoms in total. The molecule has 0 fully saturated rings. The molecule has 0 unspecified atom stereocenters. The maximum Gasteiger partial charge on any atom is 0.266 e. The predicted molar refractivity (Wildman–Crippen MR) is 138 cm³/mol. The Hall–Kier alpha value is -2.25. The highest BCUT2D eigenvalue weighted by molar-refractivity contribution is 14.1. The lowest BCUT2D eigenvalue weighted by Crippen LogP contribution is -2.13. The Morgan fingerprint density at radius 2 is 1.88 bits per heavy atom. The van der Waals surface area contributed by atoms with E-state index in [4.69, 9.17) is 27.9 Å². The molecule has 0 saturated heterocycles. The number of hydrogen-bond acceptors (Lipinski definition) is 4. The third kappa shape index (κ3) is 6.39. The minimum absolute atomic E-state index is 0.0646. The third-order valence-electron chi connectivity index (χ3n) is 4.19. The van der Waals surface area contributed by atoms with Crippen molar-refractivity contribution in [2.24, 2.45) is 0 Å². The first-order valence-corrected chi connectivity index (χ1v) is 11.7. The summed E-state index contributed by atoms with van der Waals surface area (Å²) in [6, 6.07) is 16.8. The number of carbonyl (C=O) groups is 1. The van der Waals surface area contributed by atoms with E-state index < -0.39 is 5.91 Å². The molecule has 0 aliphatic heterocycles. The molecule has 0 saturated carbocycles. The molecule has 0 aliphatic rings. The first-order valence-electron chi connectivity index (χ1n) is 9.05. The van der Waals surface area contributed by atoms with Gasteiger partial charge in [-0.15, -0.1) is 0 Å². The van der Waals surface area contributed by atoms with Crippen LogP contribution in [-0.2, 0) is 11.4 Å². The molecule has 0 spiro atoms. The number of nitriles is 1. The highest BCUT2D eigenvalue weighted by Gasteiger charge is 2.13. The van der Waals surface area contributed by atoms with E-state index in [-0.39, 0.29) is 11.3 Å². The van der Waals surface area contributed by atoms with Gasteiger partial charge in [0.2, 0.25) is 0 Å². The van der Waals surface area contributed by atoms with Gasteiger partial charge >= 0.3 is 0 Å². The molecule has 0 aromatic heterocycles. The quantitative estimate of drug-likeness (QED) is 0.129. The Morgan fingerprint density at radius 3 is 2.50 bits per heavy atom. The number of nitrogens with zero attached hydrogens (tertiary/aromatic N) is 1. The van der Waals surface area contributed by atoms with Crippen molar-refractivity contribution in [3.63, 3.8) is 0 Å². The number of carbonyl (C=O) groups excluding carboxylic acids is 1. The number of halogens is 4. The molecule has 0 radical (unpaired) electrons. The number of amides is 1. The molecule has 9 heteroatoms. The van der Waals surface area contributed by atoms with Crippen LogP contribution in [-0.4, -0.2) is 11.0 Å². The Labute approximate surface area is 216 Å². The van der Waals surface area contributed by atoms with Crippen LogP contribution in [0.25, 0.3) is 6.08 Å². The maximum atomic E-state index is 12.5. The maximum absolute atomic E-state index is 12.5. The topological polar surface area (TPSA) is 82.3 Å². The second-order valence-corrected chi connectivity index (χ2v) is 9.35. The molecule has 2 N–H and O–H groups in total. The summed E-state index contributed by atoms with van der Waals surface area (Å²) in [5.74, 6) is 0.157. The van der Waals surface area contributed by atoms with Crippen LogP contribution >= 0.6 is 61.7 Å². The van der Waals surface area contributed by atoms with Gasteiger partial charge in [0.15, 0.2) is 0 Å². The van der Waals surface area contributed by atoms with Crippen molar-refractivity contribution in [1.29, 1.82) is 5.26 Å². The summed E-state index contributed by atoms with van der Waals surface area (Å²) in [6.07, 6.45) is 1.49. The summed E-state index contributed by atoms with van der Waals surface area (Å²) in [5, 5.41) is 22.3. The Morgan fingerprint density at radius 1 is 1.16 bits per heavy atom. The molecular formula is C23H14BrCl2IN2O3. The number of aromatic hydroxyl groups is 1. The predicted octanol–water partition coefficient (Wildman–Crippen LogP) is 7.19. The van der Waals surface area contributed by atoms with Crippen molar-refractivity contribution in [3.05, 3.63) is 89.4 Å². The zero-order chi connectivity index (χ0) is 23.3. The lowest BCUT2D eigenvalue weighted by atomic mass is 10.1. The van der Waals surface area contributed by atoms with Gasteiger partial charge in [-0.2, -0.15) is 5.26 Å². The molecule has 0 aliphatic carbocycles. The fourth-order valence-corrected chi connectivity index (χ4v) is 4.73. The summed E-state index contributed by atoms with van der Waals surface area (Å²) < 4.78 is 7.39. The van der Waals surface area contributed by atoms with Crippen LogP contribution < -0.4 is 10.1 Å². The van der Waals surface area contributed by atoms with Crippen molar-refractivity contribution in [2.45, 2.75) is 6.61 Å². The summed E-state index contributed by atoms with van der Waals surface area (Å²) >= 11 is 17.6. The van der Waals surface area contributed by atoms with Crippen LogP contribution in [0.15, 0.2) is 64.6 Å². The fourth-order valence-electron chi connectivity index (χ4n) is 2.64. The van der Waals surface area contributed by atoms with Gasteiger partial charge in [-0.3, -0.25) is 4.79 Å². The zero-order valence-electron chi connectivity index (χ0n) is 16.2. The molecule has 1 amide bonds. The second kappa shape index (κ2) is 11.1. The van der Waals surface area contributed by atoms with Crippen molar-refractivity contribution in [3.8, 4) is 17.6 Å². The van der Waals surface area contributed by atoms with Gasteiger partial charge in [0.25, 0.3) is 5.91 Å². The van der Waals surface area contributed by atoms with Crippen LogP contribution in [0.1, 0.15) is 11.1 Å². The lowest BCUT2D eigenvalue weighted by molar-refractivity contribution is -0.112. The van der Waals surface area contributed by atoms with Gasteiger partial charge in [0, 0.05) is 5.69 Å². The number of rotatable bonds is 6. The molecule has 0 bridgehead atoms. The average Bonchev–Trinajstić information content (AvgIpc) is 2.75. The summed E-state index contributed by atoms with van der Waals surface area (Å²) in [5.41, 5.74) is 1.92. The number of benzene rings is 3. The minimum atomic E-state index is -0.552. The summed E-state index contributed by atoms with van der Waals surface area (Å²) in [6.45, 7) is 0.291. The molecule has 3 aromatic rings. The second-order valence-electron chi connectivity index (χ2n) is 6.52. The average molecular weight is 644 g/mol. The van der Waals surface area contributed by atoms with E-state index in [1.165, 1.54) is 18.2 Å². The van der Waals surface area contributed by atoms with Crippen LogP contribution in [0, 0.1) is 14.9 Å². The monoisotopic (exact) mass is 642 g/mol. The van der Waals surface area contributed by atoms with Crippen LogP contribution in [0.3, 0.4) is 0 Å². The standard InChI is InChI=1S/C23H14BrCl2IN2O3/c24-18-8-14(7-15(11-28)23(31)29-16-2-4-17(30)5-3-16)10-21(27)22(18)32-12-13-1-6-19(25)20(26)9-13/h1-10,30H,12H2,(H,29,31)/b15-7+. The van der Waals surface area contributed by atoms with Gasteiger partial charge in [-0.1, -0.05) is 29.3 Å². The number of nitrogens with one attached hydrogen (secondary N) is 1. The highest BCUT2D eigenvalue weighted by atomic mass is 127. The number of ether oxygens (including phenoxy) is 1. The van der Waals surface area contributed by atoms with E-state index in [9.17, 15) is 15.2 Å². The molecule has 3 aromatic carbocycles. The fraction of sp³-hybridized carbons (Fsp3) is 0.0435. The van der Waals surface area contributed by atoms with Gasteiger partial charge in [0.05, 0.1) is 18.1 Å². The molecule has 0 heterocycles. The van der Waals surface area contributed by atoms with Crippen molar-refractivity contribution >= 4 is 79.4 Å². The van der Waals surface area contributed by atoms with Crippen molar-refractivity contribution < 1.29 is 14.6 Å². The Bertz CT molecular complexity index is 1220. The summed E-state index contributed by atoms with van der Waals surface area (Å²) in [7, 11) is 0. The molecule has 3 rings (SSSR count). The van der Waals surface area contributed by atoms with E-state index in [0.29, 0.717) is 38.1 Å². The normalized spacial score (nSPS) is 11.0. The zero-order valence-corrected chi connectivity index (χ0v) is 21.5. The number of phenolic OH excluding ortho intramolecular Hbond substituents is 1. The van der Waals surface area contributed by atoms with Crippen LogP contribution in [0.5, 0.6) is 11.5 Å². The SMILES string of the molecule is N#C/C(=C\c1cc(Br)c(OCc2ccc(Cl)c(Cl)c2)c(I)c1)C(=O)Nc1ccc(O)cc1. The number of hydrogen-bond donors (Lipinski definition) is 2. The van der Waals surface area contributed by atoms with E-state index >= 15 is 0 Å². The Balaban J connectivity index is 1.76. The lowest BCUT2D eigenvalue weighted by Gasteiger charge is -2.12. The highest BCUT2D eigenvalue weighted by Crippen LogP contribution is 2.34. The minimum Gasteiger partial charge on any atom is -0.508 e. The van der Waals surface area contributed by atoms with Crippen LogP contribution in [0.2, 0.25) is 10.0 Å². The molecular weight excluding hydrogens is 630 g/mol. The van der Waals surface area contributed by atoms with Crippen LogP contribution in [0.4, 0.5) is 5.69 Å². The van der Waals surface area contributed by atoms with Gasteiger partial charge in [0.1, 0.15) is 29.7 Å². The van der Waals surface area contributed by atoms with E-state index in [0.717, 1.165) is 9.13 Å². The van der Waals surface area contributed by atoms with Gasteiger partial charge < -0.3 is 15.2 Å². The van der Waals surface area contributed by atoms with Crippen molar-refractivity contribution in [2.75, 3.05) is 5.32 Å². The summed E-state index contributed by atoms with van der Waals surface area (Å²) in [4.78, 5) is 12.5. The van der Waals surface area contributed by atoms with Gasteiger partial charge in [-0.25, -0.2) is 0 Å². The largest absolute Gasteiger partial charge is 0.508 e. The smallest absolute Gasteiger partial charge is 0.266 e. The molecule has 162 valence electrons. The van der Waals surface area contributed by atoms with Gasteiger partial charge in [-0.05, 0) is 104 Å². The molecule has 32 heavy (non-hydrogen) atoms.